The van der Waals surface area contributed by atoms with E-state index < -0.39 is 4.92 Å². The largest absolute Gasteiger partial charge is 0.398 e. The summed E-state index contributed by atoms with van der Waals surface area (Å²) in [6.07, 6.45) is 5.56. The molecular weight excluding hydrogens is 398 g/mol. The van der Waals surface area contributed by atoms with Crippen LogP contribution in [0.25, 0.3) is 16.8 Å². The summed E-state index contributed by atoms with van der Waals surface area (Å²) in [5.74, 6) is -0.521. The van der Waals surface area contributed by atoms with Crippen LogP contribution in [0.5, 0.6) is 0 Å². The van der Waals surface area contributed by atoms with Crippen molar-refractivity contribution in [3.63, 3.8) is 0 Å². The molecule has 2 aliphatic rings. The highest BCUT2D eigenvalue weighted by Gasteiger charge is 2.25. The first-order chi connectivity index (χ1) is 15.0. The van der Waals surface area contributed by atoms with Gasteiger partial charge in [-0.2, -0.15) is 0 Å². The fraction of sp³-hybridized carbons (Fsp3) is 0.136. The molecule has 154 valence electrons. The standard InChI is InChI=1S/C22H17N5O4/c28-20-5-2-10-25(20)16-3-1-4-17(12-16)26-13-19(21(24-26)27(30)31)14-6-7-18-15(11-14)8-9-23-22(18)29/h1-7,11-13H,8-10H2,(H,23,29). The van der Waals surface area contributed by atoms with E-state index in [9.17, 15) is 19.7 Å². The third-order valence-electron chi connectivity index (χ3n) is 5.43. The minimum absolute atomic E-state index is 0.109. The number of aromatic nitrogens is 2. The van der Waals surface area contributed by atoms with Gasteiger partial charge in [0, 0.05) is 30.4 Å². The van der Waals surface area contributed by atoms with Crippen molar-refractivity contribution >= 4 is 23.3 Å². The third kappa shape index (κ3) is 3.25. The van der Waals surface area contributed by atoms with Crippen LogP contribution in [0.4, 0.5) is 11.5 Å². The molecule has 1 aromatic heterocycles. The maximum absolute atomic E-state index is 12.0. The summed E-state index contributed by atoms with van der Waals surface area (Å²) < 4.78 is 1.44. The van der Waals surface area contributed by atoms with Crippen molar-refractivity contribution in [1.82, 2.24) is 15.1 Å². The number of anilines is 1. The summed E-state index contributed by atoms with van der Waals surface area (Å²) in [6.45, 7) is 1.02. The average molecular weight is 415 g/mol. The van der Waals surface area contributed by atoms with Crippen molar-refractivity contribution in [2.24, 2.45) is 0 Å². The smallest absolute Gasteiger partial charge is 0.358 e. The fourth-order valence-corrected chi connectivity index (χ4v) is 3.91. The van der Waals surface area contributed by atoms with Gasteiger partial charge in [0.25, 0.3) is 11.8 Å². The second-order valence-electron chi connectivity index (χ2n) is 7.32. The fourth-order valence-electron chi connectivity index (χ4n) is 3.91. The molecule has 0 spiro atoms. The van der Waals surface area contributed by atoms with E-state index in [0.717, 1.165) is 5.56 Å². The zero-order chi connectivity index (χ0) is 21.5. The lowest BCUT2D eigenvalue weighted by atomic mass is 9.96. The minimum Gasteiger partial charge on any atom is -0.358 e. The Balaban J connectivity index is 1.56. The second kappa shape index (κ2) is 7.21. The lowest BCUT2D eigenvalue weighted by molar-refractivity contribution is -0.389. The van der Waals surface area contributed by atoms with Crippen LogP contribution < -0.4 is 10.2 Å². The molecule has 3 heterocycles. The molecule has 1 N–H and O–H groups in total. The maximum Gasteiger partial charge on any atom is 0.398 e. The van der Waals surface area contributed by atoms with E-state index in [1.807, 2.05) is 12.1 Å². The van der Waals surface area contributed by atoms with Gasteiger partial charge in [0.2, 0.25) is 0 Å². The quantitative estimate of drug-likeness (QED) is 0.520. The molecule has 0 atom stereocenters. The molecule has 31 heavy (non-hydrogen) atoms. The Bertz CT molecular complexity index is 1280. The Labute approximate surface area is 176 Å². The Morgan fingerprint density at radius 3 is 2.68 bits per heavy atom. The minimum atomic E-state index is -0.518. The number of nitro groups is 1. The van der Waals surface area contributed by atoms with E-state index in [1.165, 1.54) is 10.8 Å². The highest BCUT2D eigenvalue weighted by molar-refractivity contribution is 6.04. The van der Waals surface area contributed by atoms with Crippen molar-refractivity contribution in [2.45, 2.75) is 6.42 Å². The van der Waals surface area contributed by atoms with E-state index in [4.69, 9.17) is 0 Å². The number of rotatable bonds is 4. The zero-order valence-corrected chi connectivity index (χ0v) is 16.3. The molecule has 9 nitrogen and oxygen atoms in total. The number of carbonyl (C=O) groups excluding carboxylic acids is 2. The Morgan fingerprint density at radius 1 is 1.06 bits per heavy atom. The highest BCUT2D eigenvalue weighted by atomic mass is 16.6. The van der Waals surface area contributed by atoms with Gasteiger partial charge in [-0.15, -0.1) is 4.68 Å². The number of fused-ring (bicyclic) bond motifs is 1. The normalized spacial score (nSPS) is 15.2. The monoisotopic (exact) mass is 415 g/mol. The Morgan fingerprint density at radius 2 is 1.90 bits per heavy atom. The molecule has 0 radical (unpaired) electrons. The van der Waals surface area contributed by atoms with Gasteiger partial charge in [-0.05, 0) is 52.8 Å². The Kier molecular flexibility index (Phi) is 4.36. The van der Waals surface area contributed by atoms with Gasteiger partial charge < -0.3 is 20.3 Å². The van der Waals surface area contributed by atoms with E-state index in [2.05, 4.69) is 10.4 Å². The van der Waals surface area contributed by atoms with E-state index in [-0.39, 0.29) is 17.6 Å². The van der Waals surface area contributed by atoms with Crippen molar-refractivity contribution in [3.8, 4) is 16.8 Å². The Hall–Kier alpha value is -4.27. The molecule has 0 unspecified atom stereocenters. The molecule has 0 aliphatic carbocycles. The van der Waals surface area contributed by atoms with Crippen molar-refractivity contribution in [3.05, 3.63) is 82.1 Å². The van der Waals surface area contributed by atoms with Crippen LogP contribution in [0.3, 0.4) is 0 Å². The summed E-state index contributed by atoms with van der Waals surface area (Å²) in [7, 11) is 0. The average Bonchev–Trinajstić information content (AvgIpc) is 3.41. The number of hydrogen-bond acceptors (Lipinski definition) is 5. The second-order valence-corrected chi connectivity index (χ2v) is 7.32. The molecule has 0 saturated carbocycles. The predicted octanol–water partition coefficient (Wildman–Crippen LogP) is 2.64. The van der Waals surface area contributed by atoms with Crippen LogP contribution >= 0.6 is 0 Å². The van der Waals surface area contributed by atoms with Crippen molar-refractivity contribution in [1.29, 1.82) is 0 Å². The molecule has 0 saturated heterocycles. The van der Waals surface area contributed by atoms with Gasteiger partial charge in [0.1, 0.15) is 5.56 Å². The van der Waals surface area contributed by atoms with Gasteiger partial charge in [-0.25, -0.2) is 0 Å². The van der Waals surface area contributed by atoms with Crippen LogP contribution in [0.15, 0.2) is 60.8 Å². The van der Waals surface area contributed by atoms with Crippen molar-refractivity contribution < 1.29 is 14.5 Å². The van der Waals surface area contributed by atoms with Gasteiger partial charge in [0.05, 0.1) is 17.0 Å². The number of nitrogens with zero attached hydrogens (tertiary/aromatic N) is 4. The lowest BCUT2D eigenvalue weighted by Crippen LogP contribution is -2.31. The summed E-state index contributed by atoms with van der Waals surface area (Å²) in [5, 5.41) is 18.7. The third-order valence-corrected chi connectivity index (χ3v) is 5.43. The van der Waals surface area contributed by atoms with E-state index >= 15 is 0 Å². The van der Waals surface area contributed by atoms with Gasteiger partial charge >= 0.3 is 5.82 Å². The molecule has 2 aromatic carbocycles. The zero-order valence-electron chi connectivity index (χ0n) is 16.3. The van der Waals surface area contributed by atoms with Crippen LogP contribution in [-0.4, -0.2) is 39.6 Å². The molecular formula is C22H17N5O4. The van der Waals surface area contributed by atoms with Gasteiger partial charge in [-0.3, -0.25) is 9.59 Å². The maximum atomic E-state index is 12.0. The summed E-state index contributed by atoms with van der Waals surface area (Å²) in [4.78, 5) is 36.8. The van der Waals surface area contributed by atoms with Crippen LogP contribution in [0.2, 0.25) is 0 Å². The summed E-state index contributed by atoms with van der Waals surface area (Å²) >= 11 is 0. The predicted molar refractivity (Wildman–Crippen MR) is 113 cm³/mol. The van der Waals surface area contributed by atoms with Gasteiger partial charge in [-0.1, -0.05) is 18.2 Å². The van der Waals surface area contributed by atoms with E-state index in [0.29, 0.717) is 47.6 Å². The molecule has 9 heteroatoms. The van der Waals surface area contributed by atoms with Crippen LogP contribution in [0.1, 0.15) is 15.9 Å². The molecule has 2 amide bonds. The number of hydrogen-bond donors (Lipinski definition) is 1. The number of carbonyl (C=O) groups is 2. The summed E-state index contributed by atoms with van der Waals surface area (Å²) in [6, 6.07) is 12.3. The van der Waals surface area contributed by atoms with Gasteiger partial charge in [0.15, 0.2) is 0 Å². The molecule has 0 bridgehead atoms. The molecule has 3 aromatic rings. The van der Waals surface area contributed by atoms with Crippen LogP contribution in [0, 0.1) is 10.1 Å². The number of benzene rings is 2. The molecule has 2 aliphatic heterocycles. The highest BCUT2D eigenvalue weighted by Crippen LogP contribution is 2.32. The van der Waals surface area contributed by atoms with Crippen LogP contribution in [-0.2, 0) is 11.2 Å². The summed E-state index contributed by atoms with van der Waals surface area (Å²) in [5.41, 5.74) is 3.72. The van der Waals surface area contributed by atoms with Crippen molar-refractivity contribution in [2.75, 3.05) is 18.0 Å². The molecule has 5 rings (SSSR count). The lowest BCUT2D eigenvalue weighted by Gasteiger charge is -2.16. The number of amides is 2. The number of nitrogens with one attached hydrogen (secondary N) is 1. The first-order valence-corrected chi connectivity index (χ1v) is 9.75. The first kappa shape index (κ1) is 18.7. The topological polar surface area (TPSA) is 110 Å². The SMILES string of the molecule is O=C1NCCc2cc(-c3cn(-c4cccc(N5CC=CC5=O)c4)nc3[N+](=O)[O-])ccc21. The van der Waals surface area contributed by atoms with E-state index in [1.54, 1.807) is 47.5 Å². The molecule has 0 fully saturated rings. The first-order valence-electron chi connectivity index (χ1n) is 9.75.